The van der Waals surface area contributed by atoms with E-state index in [0.29, 0.717) is 34.9 Å². The highest BCUT2D eigenvalue weighted by atomic mass is 16.2. The van der Waals surface area contributed by atoms with Gasteiger partial charge in [-0.15, -0.1) is 0 Å². The normalized spacial score (nSPS) is 11.6. The Labute approximate surface area is 189 Å². The van der Waals surface area contributed by atoms with Gasteiger partial charge in [0.1, 0.15) is 0 Å². The van der Waals surface area contributed by atoms with Crippen LogP contribution in [0.15, 0.2) is 30.5 Å². The van der Waals surface area contributed by atoms with Crippen molar-refractivity contribution >= 4 is 28.5 Å². The minimum atomic E-state index is -0.220. The van der Waals surface area contributed by atoms with E-state index >= 15 is 0 Å². The van der Waals surface area contributed by atoms with Gasteiger partial charge in [-0.05, 0) is 62.4 Å². The van der Waals surface area contributed by atoms with Crippen LogP contribution >= 0.6 is 0 Å². The number of rotatable bonds is 7. The van der Waals surface area contributed by atoms with E-state index in [1.165, 1.54) is 0 Å². The van der Waals surface area contributed by atoms with Crippen molar-refractivity contribution in [3.8, 4) is 0 Å². The lowest BCUT2D eigenvalue weighted by Gasteiger charge is -2.14. The molecule has 1 aromatic carbocycles. The molecular weight excluding hydrogens is 402 g/mol. The molecule has 0 radical (unpaired) electrons. The number of aryl methyl sites for hydroxylation is 1. The van der Waals surface area contributed by atoms with E-state index in [2.05, 4.69) is 43.4 Å². The second kappa shape index (κ2) is 9.51. The van der Waals surface area contributed by atoms with Crippen LogP contribution in [-0.2, 0) is 0 Å². The molecule has 0 fully saturated rings. The van der Waals surface area contributed by atoms with E-state index in [1.807, 2.05) is 31.5 Å². The molecule has 3 rings (SSSR count). The smallest absolute Gasteiger partial charge is 0.256 e. The van der Waals surface area contributed by atoms with Gasteiger partial charge in [0, 0.05) is 29.5 Å². The highest BCUT2D eigenvalue weighted by molar-refractivity contribution is 6.12. The van der Waals surface area contributed by atoms with Crippen LogP contribution < -0.4 is 10.6 Å². The maximum absolute atomic E-state index is 13.3. The van der Waals surface area contributed by atoms with Crippen molar-refractivity contribution in [3.63, 3.8) is 0 Å². The summed E-state index contributed by atoms with van der Waals surface area (Å²) in [7, 11) is 0. The van der Waals surface area contributed by atoms with Crippen LogP contribution in [0.25, 0.3) is 11.0 Å². The number of amides is 2. The molecule has 0 spiro atoms. The first-order chi connectivity index (χ1) is 15.1. The summed E-state index contributed by atoms with van der Waals surface area (Å²) in [6.45, 7) is 14.8. The van der Waals surface area contributed by atoms with E-state index in [1.54, 1.807) is 24.4 Å². The summed E-state index contributed by atoms with van der Waals surface area (Å²) in [6, 6.07) is 7.28. The fraction of sp³-hybridized carbons (Fsp3) is 0.440. The zero-order valence-electron chi connectivity index (χ0n) is 20.0. The van der Waals surface area contributed by atoms with Crippen LogP contribution in [0.1, 0.15) is 85.5 Å². The van der Waals surface area contributed by atoms with Crippen LogP contribution in [0.4, 0.5) is 5.69 Å². The second-order valence-electron chi connectivity index (χ2n) is 9.26. The third-order valence-corrected chi connectivity index (χ3v) is 5.32. The molecule has 0 aliphatic heterocycles. The Morgan fingerprint density at radius 3 is 2.34 bits per heavy atom. The third-order valence-electron chi connectivity index (χ3n) is 5.32. The zero-order chi connectivity index (χ0) is 23.6. The first-order valence-electron chi connectivity index (χ1n) is 11.2. The van der Waals surface area contributed by atoms with Gasteiger partial charge in [0.2, 0.25) is 0 Å². The molecule has 0 aliphatic rings. The van der Waals surface area contributed by atoms with Crippen LogP contribution in [-0.4, -0.2) is 33.1 Å². The van der Waals surface area contributed by atoms with Crippen LogP contribution in [0.3, 0.4) is 0 Å². The molecule has 170 valence electrons. The monoisotopic (exact) mass is 435 g/mol. The topological polar surface area (TPSA) is 88.9 Å². The molecule has 0 saturated heterocycles. The lowest BCUT2D eigenvalue weighted by molar-refractivity contribution is 0.0948. The molecule has 32 heavy (non-hydrogen) atoms. The third kappa shape index (κ3) is 4.98. The molecular formula is C25H33N5O2. The average Bonchev–Trinajstić information content (AvgIpc) is 3.16. The highest BCUT2D eigenvalue weighted by Gasteiger charge is 2.20. The fourth-order valence-corrected chi connectivity index (χ4v) is 3.43. The summed E-state index contributed by atoms with van der Waals surface area (Å²) in [5.74, 6) is 0.222. The number of hydrogen-bond acceptors (Lipinski definition) is 4. The Morgan fingerprint density at radius 1 is 1.03 bits per heavy atom. The lowest BCUT2D eigenvalue weighted by Crippen LogP contribution is -2.27. The molecule has 2 heterocycles. The van der Waals surface area contributed by atoms with Crippen LogP contribution in [0.5, 0.6) is 0 Å². The minimum Gasteiger partial charge on any atom is -0.352 e. The number of benzene rings is 1. The lowest BCUT2D eigenvalue weighted by atomic mass is 10.0. The van der Waals surface area contributed by atoms with Crippen molar-refractivity contribution in [2.75, 3.05) is 11.9 Å². The first kappa shape index (κ1) is 23.4. The van der Waals surface area contributed by atoms with Crippen molar-refractivity contribution in [1.82, 2.24) is 20.1 Å². The molecule has 2 N–H and O–H groups in total. The number of anilines is 1. The molecule has 7 nitrogen and oxygen atoms in total. The van der Waals surface area contributed by atoms with Gasteiger partial charge in [-0.1, -0.05) is 27.7 Å². The molecule has 7 heteroatoms. The number of nitrogens with one attached hydrogen (secondary N) is 2. The van der Waals surface area contributed by atoms with E-state index in [4.69, 9.17) is 4.98 Å². The highest BCUT2D eigenvalue weighted by Crippen LogP contribution is 2.26. The Morgan fingerprint density at radius 2 is 1.75 bits per heavy atom. The SMILES string of the molecule is Cc1cc(C(=O)NCC(C)C)ccc1NC(=O)c1cc(C(C)C)nc2c1cnn2C(C)C. The first-order valence-corrected chi connectivity index (χ1v) is 11.2. The fourth-order valence-electron chi connectivity index (χ4n) is 3.43. The van der Waals surface area contributed by atoms with Gasteiger partial charge in [0.05, 0.1) is 17.1 Å². The largest absolute Gasteiger partial charge is 0.352 e. The molecule has 0 unspecified atom stereocenters. The molecule has 2 amide bonds. The predicted molar refractivity (Wildman–Crippen MR) is 128 cm³/mol. The zero-order valence-corrected chi connectivity index (χ0v) is 20.0. The van der Waals surface area contributed by atoms with E-state index in [-0.39, 0.29) is 23.8 Å². The molecule has 3 aromatic rings. The van der Waals surface area contributed by atoms with Crippen LogP contribution in [0, 0.1) is 12.8 Å². The number of carbonyl (C=O) groups is 2. The molecule has 0 saturated carbocycles. The number of aromatic nitrogens is 3. The van der Waals surface area contributed by atoms with E-state index in [9.17, 15) is 9.59 Å². The van der Waals surface area contributed by atoms with E-state index < -0.39 is 0 Å². The Kier molecular flexibility index (Phi) is 6.96. The summed E-state index contributed by atoms with van der Waals surface area (Å²) in [4.78, 5) is 30.4. The van der Waals surface area contributed by atoms with Crippen molar-refractivity contribution in [2.45, 2.75) is 60.4 Å². The summed E-state index contributed by atoms with van der Waals surface area (Å²) in [5.41, 5.74) is 4.17. The number of hydrogen-bond donors (Lipinski definition) is 2. The summed E-state index contributed by atoms with van der Waals surface area (Å²) in [6.07, 6.45) is 1.70. The Bertz CT molecular complexity index is 1140. The van der Waals surface area contributed by atoms with Gasteiger partial charge in [0.15, 0.2) is 5.65 Å². The Balaban J connectivity index is 1.91. The molecule has 0 aliphatic carbocycles. The molecule has 0 atom stereocenters. The van der Waals surface area contributed by atoms with Gasteiger partial charge in [-0.25, -0.2) is 9.67 Å². The standard InChI is InChI=1S/C25H33N5O2/c1-14(2)12-26-24(31)18-8-9-21(17(7)10-18)29-25(32)19-11-22(15(3)4)28-23-20(19)13-27-30(23)16(5)6/h8-11,13-16H,12H2,1-7H3,(H,26,31)(H,29,32). The van der Waals surface area contributed by atoms with Gasteiger partial charge < -0.3 is 10.6 Å². The Hall–Kier alpha value is -3.22. The number of nitrogens with zero attached hydrogens (tertiary/aromatic N) is 3. The van der Waals surface area contributed by atoms with Gasteiger partial charge in [-0.2, -0.15) is 5.10 Å². The molecule has 0 bridgehead atoms. The van der Waals surface area contributed by atoms with Crippen molar-refractivity contribution in [1.29, 1.82) is 0 Å². The van der Waals surface area contributed by atoms with Crippen molar-refractivity contribution < 1.29 is 9.59 Å². The quantitative estimate of drug-likeness (QED) is 0.541. The summed E-state index contributed by atoms with van der Waals surface area (Å²) >= 11 is 0. The number of carbonyl (C=O) groups excluding carboxylic acids is 2. The second-order valence-corrected chi connectivity index (χ2v) is 9.26. The van der Waals surface area contributed by atoms with Gasteiger partial charge in [0.25, 0.3) is 11.8 Å². The summed E-state index contributed by atoms with van der Waals surface area (Å²) in [5, 5.41) is 11.1. The maximum atomic E-state index is 13.3. The predicted octanol–water partition coefficient (Wildman–Crippen LogP) is 5.08. The van der Waals surface area contributed by atoms with Crippen molar-refractivity contribution in [3.05, 3.63) is 52.8 Å². The van der Waals surface area contributed by atoms with E-state index in [0.717, 1.165) is 16.6 Å². The van der Waals surface area contributed by atoms with Crippen molar-refractivity contribution in [2.24, 2.45) is 5.92 Å². The van der Waals surface area contributed by atoms with Crippen LogP contribution in [0.2, 0.25) is 0 Å². The molecule has 2 aromatic heterocycles. The summed E-state index contributed by atoms with van der Waals surface area (Å²) < 4.78 is 1.84. The average molecular weight is 436 g/mol. The number of pyridine rings is 1. The number of fused-ring (bicyclic) bond motifs is 1. The maximum Gasteiger partial charge on any atom is 0.256 e. The van der Waals surface area contributed by atoms with Gasteiger partial charge >= 0.3 is 0 Å². The van der Waals surface area contributed by atoms with Gasteiger partial charge in [-0.3, -0.25) is 9.59 Å². The minimum absolute atomic E-state index is 0.113.